The lowest BCUT2D eigenvalue weighted by molar-refractivity contribution is -0.184. The number of hydrogen-bond acceptors (Lipinski definition) is 5. The Kier molecular flexibility index (Phi) is 8.77. The highest BCUT2D eigenvalue weighted by Crippen LogP contribution is 2.34. The van der Waals surface area contributed by atoms with Crippen molar-refractivity contribution in [1.82, 2.24) is 4.90 Å². The Bertz CT molecular complexity index is 614. The molecule has 1 aromatic carbocycles. The number of aliphatic hydroxyl groups excluding tert-OH is 2. The van der Waals surface area contributed by atoms with Gasteiger partial charge in [0, 0.05) is 24.9 Å². The van der Waals surface area contributed by atoms with Gasteiger partial charge in [0.25, 0.3) is 0 Å². The molecule has 1 aliphatic heterocycles. The van der Waals surface area contributed by atoms with Crippen LogP contribution in [0.2, 0.25) is 0 Å². The van der Waals surface area contributed by atoms with Gasteiger partial charge in [-0.1, -0.05) is 31.6 Å². The largest absolute Gasteiger partial charge is 0.464 e. The molecular formula is C22H35NO4. The van der Waals surface area contributed by atoms with Gasteiger partial charge in [0.05, 0.1) is 18.8 Å². The first-order chi connectivity index (χ1) is 12.9. The van der Waals surface area contributed by atoms with Crippen LogP contribution < -0.4 is 4.74 Å². The number of benzene rings is 1. The number of hydrogen-bond donors (Lipinski definition) is 2. The highest BCUT2D eigenvalue weighted by atomic mass is 16.7. The van der Waals surface area contributed by atoms with Gasteiger partial charge in [-0.2, -0.15) is 0 Å². The van der Waals surface area contributed by atoms with E-state index in [1.165, 1.54) is 11.1 Å². The maximum atomic E-state index is 10.1. The molecule has 0 bridgehead atoms. The quantitative estimate of drug-likeness (QED) is 0.691. The predicted molar refractivity (Wildman–Crippen MR) is 109 cm³/mol. The first-order valence-corrected chi connectivity index (χ1v) is 9.99. The van der Waals surface area contributed by atoms with Gasteiger partial charge in [0.15, 0.2) is 0 Å². The van der Waals surface area contributed by atoms with Crippen LogP contribution in [0.5, 0.6) is 5.75 Å². The molecule has 2 N–H and O–H groups in total. The second-order valence-corrected chi connectivity index (χ2v) is 7.63. The Labute approximate surface area is 163 Å². The van der Waals surface area contributed by atoms with Crippen LogP contribution in [0.3, 0.4) is 0 Å². The van der Waals surface area contributed by atoms with Crippen LogP contribution in [0.15, 0.2) is 24.3 Å². The number of nitrogens with zero attached hydrogens (tertiary/aromatic N) is 1. The highest BCUT2D eigenvalue weighted by molar-refractivity contribution is 5.73. The van der Waals surface area contributed by atoms with Crippen molar-refractivity contribution in [3.05, 3.63) is 35.4 Å². The van der Waals surface area contributed by atoms with Crippen molar-refractivity contribution < 1.29 is 19.7 Å². The molecule has 5 nitrogen and oxygen atoms in total. The number of ether oxygens (including phenoxy) is 2. The number of unbranched alkanes of at least 4 members (excludes halogenated alkanes) is 1. The highest BCUT2D eigenvalue weighted by Gasteiger charge is 2.30. The molecule has 2 rings (SSSR count). The van der Waals surface area contributed by atoms with E-state index in [1.54, 1.807) is 0 Å². The first kappa shape index (κ1) is 21.9. The molecule has 0 aromatic heterocycles. The van der Waals surface area contributed by atoms with Gasteiger partial charge in [-0.3, -0.25) is 0 Å². The molecule has 1 aliphatic rings. The van der Waals surface area contributed by atoms with Crippen LogP contribution in [0.1, 0.15) is 50.2 Å². The fourth-order valence-electron chi connectivity index (χ4n) is 3.42. The molecule has 5 heteroatoms. The average Bonchev–Trinajstić information content (AvgIpc) is 2.62. The number of allylic oxidation sites excluding steroid dienone is 1. The maximum Gasteiger partial charge on any atom is 0.202 e. The lowest BCUT2D eigenvalue weighted by Gasteiger charge is -2.33. The molecule has 3 unspecified atom stereocenters. The van der Waals surface area contributed by atoms with Gasteiger partial charge >= 0.3 is 0 Å². The molecule has 152 valence electrons. The van der Waals surface area contributed by atoms with Gasteiger partial charge in [0.1, 0.15) is 5.75 Å². The Balaban J connectivity index is 2.27. The summed E-state index contributed by atoms with van der Waals surface area (Å²) in [6.07, 6.45) is 4.80. The normalized spacial score (nSPS) is 23.7. The molecule has 1 aromatic rings. The second kappa shape index (κ2) is 10.8. The van der Waals surface area contributed by atoms with Gasteiger partial charge < -0.3 is 24.6 Å². The zero-order valence-electron chi connectivity index (χ0n) is 17.1. The number of aliphatic hydroxyl groups is 2. The third kappa shape index (κ3) is 6.61. The van der Waals surface area contributed by atoms with Crippen molar-refractivity contribution in [2.24, 2.45) is 0 Å². The molecule has 0 amide bonds. The Morgan fingerprint density at radius 2 is 2.11 bits per heavy atom. The van der Waals surface area contributed by atoms with E-state index in [-0.39, 0.29) is 12.7 Å². The van der Waals surface area contributed by atoms with Crippen LogP contribution in [0.25, 0.3) is 5.57 Å². The van der Waals surface area contributed by atoms with Gasteiger partial charge in [-0.05, 0) is 51.1 Å². The second-order valence-electron chi connectivity index (χ2n) is 7.63. The van der Waals surface area contributed by atoms with Crippen molar-refractivity contribution in [2.75, 3.05) is 27.2 Å². The minimum Gasteiger partial charge on any atom is -0.464 e. The van der Waals surface area contributed by atoms with E-state index in [0.29, 0.717) is 12.8 Å². The predicted octanol–water partition coefficient (Wildman–Crippen LogP) is 3.37. The summed E-state index contributed by atoms with van der Waals surface area (Å²) in [5.74, 6) is 0.784. The molecule has 1 fully saturated rings. The van der Waals surface area contributed by atoms with E-state index in [0.717, 1.165) is 37.1 Å². The first-order valence-electron chi connectivity index (χ1n) is 9.99. The van der Waals surface area contributed by atoms with Crippen molar-refractivity contribution in [3.63, 3.8) is 0 Å². The standard InChI is InChI=1S/C22H35NO4/c1-5-6-9-17(11-12-23(3)4)22-16(2)8-7-10-20(22)27-21-14-18(25)13-19(15-24)26-21/h7-10,18-19,21,24-25H,5-6,11-15H2,1-4H3/b17-9-. The fraction of sp³-hybridized carbons (Fsp3) is 0.636. The molecule has 1 heterocycles. The van der Waals surface area contributed by atoms with E-state index in [1.807, 2.05) is 12.1 Å². The summed E-state index contributed by atoms with van der Waals surface area (Å²) in [5, 5.41) is 19.5. The van der Waals surface area contributed by atoms with E-state index < -0.39 is 12.4 Å². The third-order valence-corrected chi connectivity index (χ3v) is 4.87. The van der Waals surface area contributed by atoms with Crippen LogP contribution in [-0.4, -0.2) is 60.9 Å². The lowest BCUT2D eigenvalue weighted by atomic mass is 9.95. The van der Waals surface area contributed by atoms with E-state index in [4.69, 9.17) is 9.47 Å². The molecule has 1 saturated heterocycles. The van der Waals surface area contributed by atoms with Crippen LogP contribution in [-0.2, 0) is 4.74 Å². The van der Waals surface area contributed by atoms with Crippen molar-refractivity contribution >= 4 is 5.57 Å². The Morgan fingerprint density at radius 1 is 1.33 bits per heavy atom. The summed E-state index contributed by atoms with van der Waals surface area (Å²) < 4.78 is 12.0. The topological polar surface area (TPSA) is 62.2 Å². The van der Waals surface area contributed by atoms with E-state index >= 15 is 0 Å². The lowest BCUT2D eigenvalue weighted by Crippen LogP contribution is -2.40. The summed E-state index contributed by atoms with van der Waals surface area (Å²) in [5.41, 5.74) is 3.58. The Morgan fingerprint density at radius 3 is 2.78 bits per heavy atom. The molecule has 3 atom stereocenters. The van der Waals surface area contributed by atoms with Crippen molar-refractivity contribution in [3.8, 4) is 5.75 Å². The minimum atomic E-state index is -0.548. The minimum absolute atomic E-state index is 0.109. The summed E-state index contributed by atoms with van der Waals surface area (Å²) in [6.45, 7) is 5.14. The summed E-state index contributed by atoms with van der Waals surface area (Å²) >= 11 is 0. The average molecular weight is 378 g/mol. The molecule has 0 aliphatic carbocycles. The summed E-state index contributed by atoms with van der Waals surface area (Å²) in [4.78, 5) is 2.19. The summed E-state index contributed by atoms with van der Waals surface area (Å²) in [6, 6.07) is 6.06. The zero-order valence-corrected chi connectivity index (χ0v) is 17.1. The van der Waals surface area contributed by atoms with Crippen molar-refractivity contribution in [1.29, 1.82) is 0 Å². The monoisotopic (exact) mass is 377 g/mol. The Hall–Kier alpha value is -1.40. The van der Waals surface area contributed by atoms with Gasteiger partial charge in [-0.25, -0.2) is 0 Å². The molecule has 27 heavy (non-hydrogen) atoms. The fourth-order valence-corrected chi connectivity index (χ4v) is 3.42. The maximum absolute atomic E-state index is 10.1. The number of rotatable bonds is 9. The number of aryl methyl sites for hydroxylation is 1. The SMILES string of the molecule is CCC/C=C(/CCN(C)C)c1c(C)cccc1OC1CC(O)CC(CO)O1. The molecule has 0 saturated carbocycles. The van der Waals surface area contributed by atoms with Gasteiger partial charge in [-0.15, -0.1) is 0 Å². The summed E-state index contributed by atoms with van der Waals surface area (Å²) in [7, 11) is 4.16. The molecular weight excluding hydrogens is 342 g/mol. The van der Waals surface area contributed by atoms with Gasteiger partial charge in [0.2, 0.25) is 6.29 Å². The molecule has 0 spiro atoms. The zero-order chi connectivity index (χ0) is 19.8. The molecule has 0 radical (unpaired) electrons. The smallest absolute Gasteiger partial charge is 0.202 e. The van der Waals surface area contributed by atoms with Crippen LogP contribution >= 0.6 is 0 Å². The van der Waals surface area contributed by atoms with E-state index in [9.17, 15) is 10.2 Å². The van der Waals surface area contributed by atoms with E-state index in [2.05, 4.69) is 45.0 Å². The van der Waals surface area contributed by atoms with Crippen LogP contribution in [0.4, 0.5) is 0 Å². The third-order valence-electron chi connectivity index (χ3n) is 4.87. The van der Waals surface area contributed by atoms with Crippen molar-refractivity contribution in [2.45, 2.75) is 64.4 Å². The van der Waals surface area contributed by atoms with Crippen LogP contribution in [0, 0.1) is 6.92 Å².